The molecule has 2 aliphatic rings. The van der Waals surface area contributed by atoms with Crippen molar-refractivity contribution in [3.8, 4) is 0 Å². The molecule has 0 aromatic heterocycles. The first-order valence-electron chi connectivity index (χ1n) is 5.32. The van der Waals surface area contributed by atoms with E-state index in [1.54, 1.807) is 0 Å². The summed E-state index contributed by atoms with van der Waals surface area (Å²) in [5, 5.41) is 13.8. The van der Waals surface area contributed by atoms with Gasteiger partial charge in [0.25, 0.3) is 0 Å². The molecule has 2 fully saturated rings. The molecule has 0 aromatic rings. The van der Waals surface area contributed by atoms with Gasteiger partial charge in [-0.1, -0.05) is 0 Å². The Morgan fingerprint density at radius 1 is 1.31 bits per heavy atom. The molecule has 2 N–H and O–H groups in total. The molecule has 0 saturated carbocycles. The fraction of sp³-hybridized carbons (Fsp3) is 1.00. The Morgan fingerprint density at radius 2 is 2.23 bits per heavy atom. The lowest BCUT2D eigenvalue weighted by Crippen LogP contribution is -2.39. The summed E-state index contributed by atoms with van der Waals surface area (Å²) in [6, 6.07) is 0. The maximum absolute atomic E-state index is 10.4. The second-order valence-corrected chi connectivity index (χ2v) is 4.27. The summed E-state index contributed by atoms with van der Waals surface area (Å²) in [4.78, 5) is 0. The van der Waals surface area contributed by atoms with E-state index in [-0.39, 0.29) is 0 Å². The second kappa shape index (κ2) is 3.95. The van der Waals surface area contributed by atoms with Crippen LogP contribution in [-0.4, -0.2) is 37.0 Å². The molecule has 2 unspecified atom stereocenters. The van der Waals surface area contributed by atoms with E-state index in [4.69, 9.17) is 4.74 Å². The average molecular weight is 185 g/mol. The minimum Gasteiger partial charge on any atom is -0.389 e. The lowest BCUT2D eigenvalue weighted by atomic mass is 9.81. The molecule has 13 heavy (non-hydrogen) atoms. The SMILES string of the molecule is OC1(C2CCOC2)CCCNCC1. The van der Waals surface area contributed by atoms with Gasteiger partial charge in [0.15, 0.2) is 0 Å². The molecular formula is C10H19NO2. The number of ether oxygens (including phenoxy) is 1. The van der Waals surface area contributed by atoms with Gasteiger partial charge in [0, 0.05) is 12.5 Å². The van der Waals surface area contributed by atoms with Gasteiger partial charge in [0.05, 0.1) is 12.2 Å². The van der Waals surface area contributed by atoms with Gasteiger partial charge in [-0.3, -0.25) is 0 Å². The summed E-state index contributed by atoms with van der Waals surface area (Å²) < 4.78 is 5.34. The average Bonchev–Trinajstić information content (AvgIpc) is 2.57. The van der Waals surface area contributed by atoms with Crippen LogP contribution in [0.3, 0.4) is 0 Å². The Hall–Kier alpha value is -0.120. The van der Waals surface area contributed by atoms with E-state index >= 15 is 0 Å². The maximum Gasteiger partial charge on any atom is 0.0711 e. The molecular weight excluding hydrogens is 166 g/mol. The predicted octanol–water partition coefficient (Wildman–Crippen LogP) is 0.527. The van der Waals surface area contributed by atoms with Gasteiger partial charge < -0.3 is 15.2 Å². The lowest BCUT2D eigenvalue weighted by Gasteiger charge is -2.31. The Bertz CT molecular complexity index is 158. The summed E-state index contributed by atoms with van der Waals surface area (Å²) in [5.41, 5.74) is -0.444. The van der Waals surface area contributed by atoms with Crippen LogP contribution in [0.2, 0.25) is 0 Å². The number of rotatable bonds is 1. The van der Waals surface area contributed by atoms with Crippen molar-refractivity contribution in [2.45, 2.75) is 31.3 Å². The molecule has 3 heteroatoms. The first kappa shape index (κ1) is 9.44. The van der Waals surface area contributed by atoms with Crippen molar-refractivity contribution >= 4 is 0 Å². The highest BCUT2D eigenvalue weighted by Crippen LogP contribution is 2.33. The van der Waals surface area contributed by atoms with E-state index in [1.807, 2.05) is 0 Å². The molecule has 76 valence electrons. The molecule has 0 spiro atoms. The Balaban J connectivity index is 1.98. The number of nitrogens with one attached hydrogen (secondary N) is 1. The van der Waals surface area contributed by atoms with E-state index in [0.717, 1.165) is 52.0 Å². The highest BCUT2D eigenvalue weighted by Gasteiger charge is 2.38. The molecule has 2 rings (SSSR count). The fourth-order valence-corrected chi connectivity index (χ4v) is 2.44. The van der Waals surface area contributed by atoms with Gasteiger partial charge in [-0.2, -0.15) is 0 Å². The maximum atomic E-state index is 10.4. The highest BCUT2D eigenvalue weighted by atomic mass is 16.5. The van der Waals surface area contributed by atoms with Crippen molar-refractivity contribution in [2.75, 3.05) is 26.3 Å². The van der Waals surface area contributed by atoms with E-state index < -0.39 is 5.60 Å². The van der Waals surface area contributed by atoms with Crippen LogP contribution in [0.15, 0.2) is 0 Å². The van der Waals surface area contributed by atoms with Gasteiger partial charge in [0.1, 0.15) is 0 Å². The van der Waals surface area contributed by atoms with E-state index in [2.05, 4.69) is 5.32 Å². The number of hydrogen-bond acceptors (Lipinski definition) is 3. The third kappa shape index (κ3) is 2.03. The Morgan fingerprint density at radius 3 is 3.00 bits per heavy atom. The molecule has 0 aromatic carbocycles. The zero-order chi connectivity index (χ0) is 9.15. The predicted molar refractivity (Wildman–Crippen MR) is 50.6 cm³/mol. The molecule has 3 nitrogen and oxygen atoms in total. The molecule has 0 amide bonds. The van der Waals surface area contributed by atoms with Crippen LogP contribution in [0.1, 0.15) is 25.7 Å². The highest BCUT2D eigenvalue weighted by molar-refractivity contribution is 4.90. The van der Waals surface area contributed by atoms with Crippen LogP contribution in [0.5, 0.6) is 0 Å². The summed E-state index contributed by atoms with van der Waals surface area (Å²) >= 11 is 0. The van der Waals surface area contributed by atoms with Crippen LogP contribution in [0.4, 0.5) is 0 Å². The lowest BCUT2D eigenvalue weighted by molar-refractivity contribution is -0.0317. The molecule has 0 aliphatic carbocycles. The molecule has 2 saturated heterocycles. The molecule has 2 aliphatic heterocycles. The van der Waals surface area contributed by atoms with Crippen LogP contribution >= 0.6 is 0 Å². The normalized spacial score (nSPS) is 41.8. The van der Waals surface area contributed by atoms with Crippen LogP contribution < -0.4 is 5.32 Å². The van der Waals surface area contributed by atoms with Crippen molar-refractivity contribution in [3.63, 3.8) is 0 Å². The Labute approximate surface area is 79.5 Å². The first-order valence-corrected chi connectivity index (χ1v) is 5.32. The molecule has 0 bridgehead atoms. The fourth-order valence-electron chi connectivity index (χ4n) is 2.44. The first-order chi connectivity index (χ1) is 6.31. The summed E-state index contributed by atoms with van der Waals surface area (Å²) in [7, 11) is 0. The van der Waals surface area contributed by atoms with E-state index in [0.29, 0.717) is 5.92 Å². The summed E-state index contributed by atoms with van der Waals surface area (Å²) in [6.07, 6.45) is 3.96. The van der Waals surface area contributed by atoms with Crippen molar-refractivity contribution in [1.82, 2.24) is 5.32 Å². The van der Waals surface area contributed by atoms with Gasteiger partial charge in [-0.15, -0.1) is 0 Å². The van der Waals surface area contributed by atoms with Crippen molar-refractivity contribution < 1.29 is 9.84 Å². The topological polar surface area (TPSA) is 41.5 Å². The van der Waals surface area contributed by atoms with Crippen LogP contribution in [0.25, 0.3) is 0 Å². The zero-order valence-corrected chi connectivity index (χ0v) is 8.09. The quantitative estimate of drug-likeness (QED) is 0.626. The van der Waals surface area contributed by atoms with Gasteiger partial charge in [-0.25, -0.2) is 0 Å². The summed E-state index contributed by atoms with van der Waals surface area (Å²) in [6.45, 7) is 3.60. The standard InChI is InChI=1S/C10H19NO2/c12-10(9-2-7-13-8-9)3-1-5-11-6-4-10/h9,11-12H,1-8H2. The van der Waals surface area contributed by atoms with Crippen molar-refractivity contribution in [1.29, 1.82) is 0 Å². The largest absolute Gasteiger partial charge is 0.389 e. The van der Waals surface area contributed by atoms with Crippen LogP contribution in [-0.2, 0) is 4.74 Å². The third-order valence-corrected chi connectivity index (χ3v) is 3.39. The molecule has 0 radical (unpaired) electrons. The summed E-state index contributed by atoms with van der Waals surface area (Å²) in [5.74, 6) is 0.382. The van der Waals surface area contributed by atoms with Gasteiger partial charge >= 0.3 is 0 Å². The smallest absolute Gasteiger partial charge is 0.0711 e. The van der Waals surface area contributed by atoms with Crippen LogP contribution in [0, 0.1) is 5.92 Å². The minimum absolute atomic E-state index is 0.382. The minimum atomic E-state index is -0.444. The third-order valence-electron chi connectivity index (χ3n) is 3.39. The van der Waals surface area contributed by atoms with Gasteiger partial charge in [0.2, 0.25) is 0 Å². The van der Waals surface area contributed by atoms with Gasteiger partial charge in [-0.05, 0) is 38.8 Å². The van der Waals surface area contributed by atoms with E-state index in [1.165, 1.54) is 0 Å². The van der Waals surface area contributed by atoms with Crippen molar-refractivity contribution in [3.05, 3.63) is 0 Å². The van der Waals surface area contributed by atoms with Crippen molar-refractivity contribution in [2.24, 2.45) is 5.92 Å². The molecule has 2 heterocycles. The molecule has 2 atom stereocenters. The monoisotopic (exact) mass is 185 g/mol. The number of hydrogen-bond donors (Lipinski definition) is 2. The Kier molecular flexibility index (Phi) is 2.86. The number of aliphatic hydroxyl groups is 1. The second-order valence-electron chi connectivity index (χ2n) is 4.27. The van der Waals surface area contributed by atoms with E-state index in [9.17, 15) is 5.11 Å². The zero-order valence-electron chi connectivity index (χ0n) is 8.09.